The Bertz CT molecular complexity index is 545. The minimum absolute atomic E-state index is 0.338. The third kappa shape index (κ3) is 2.65. The molecule has 2 rings (SSSR count). The molecule has 1 heterocycles. The summed E-state index contributed by atoms with van der Waals surface area (Å²) in [5, 5.41) is 0. The van der Waals surface area contributed by atoms with Crippen molar-refractivity contribution in [2.24, 2.45) is 5.73 Å². The van der Waals surface area contributed by atoms with Crippen LogP contribution in [0.25, 0.3) is 0 Å². The largest absolute Gasteiger partial charge is 0.480 e. The van der Waals surface area contributed by atoms with Gasteiger partial charge in [0.2, 0.25) is 5.88 Å². The van der Waals surface area contributed by atoms with Gasteiger partial charge in [-0.3, -0.25) is 4.98 Å². The first-order valence-electron chi connectivity index (χ1n) is 5.18. The predicted octanol–water partition coefficient (Wildman–Crippen LogP) is 2.43. The number of aromatic nitrogens is 2. The van der Waals surface area contributed by atoms with E-state index < -0.39 is 6.04 Å². The molecule has 1 atom stereocenters. The molecule has 0 bridgehead atoms. The number of ether oxygens (including phenoxy) is 1. The van der Waals surface area contributed by atoms with Crippen LogP contribution in [0.15, 0.2) is 35.1 Å². The molecule has 4 nitrogen and oxygen atoms in total. The summed E-state index contributed by atoms with van der Waals surface area (Å²) < 4.78 is 19.0. The Morgan fingerprint density at radius 3 is 2.67 bits per heavy atom. The molecule has 0 aliphatic heterocycles. The third-order valence-corrected chi connectivity index (χ3v) is 2.88. The van der Waals surface area contributed by atoms with Crippen molar-refractivity contribution in [1.82, 2.24) is 9.97 Å². The predicted molar refractivity (Wildman–Crippen MR) is 68.7 cm³/mol. The van der Waals surface area contributed by atoms with Crippen LogP contribution in [0.1, 0.15) is 17.3 Å². The molecule has 1 aromatic heterocycles. The van der Waals surface area contributed by atoms with Crippen LogP contribution in [0.4, 0.5) is 4.39 Å². The number of rotatable bonds is 3. The summed E-state index contributed by atoms with van der Waals surface area (Å²) in [7, 11) is 1.49. The van der Waals surface area contributed by atoms with E-state index in [0.717, 1.165) is 0 Å². The monoisotopic (exact) mass is 311 g/mol. The Morgan fingerprint density at radius 2 is 2.00 bits per heavy atom. The molecule has 0 radical (unpaired) electrons. The number of nitrogens with zero attached hydrogens (tertiary/aromatic N) is 2. The van der Waals surface area contributed by atoms with E-state index in [1.54, 1.807) is 6.07 Å². The molecule has 0 saturated carbocycles. The summed E-state index contributed by atoms with van der Waals surface area (Å²) in [6.07, 6.45) is 3.03. The summed E-state index contributed by atoms with van der Waals surface area (Å²) in [4.78, 5) is 8.15. The normalized spacial score (nSPS) is 12.2. The number of methoxy groups -OCH3 is 1. The van der Waals surface area contributed by atoms with Crippen molar-refractivity contribution in [3.05, 3.63) is 52.1 Å². The number of hydrogen-bond donors (Lipinski definition) is 1. The minimum Gasteiger partial charge on any atom is -0.480 e. The number of halogens is 2. The van der Waals surface area contributed by atoms with Crippen molar-refractivity contribution in [3.8, 4) is 5.88 Å². The molecule has 0 fully saturated rings. The summed E-state index contributed by atoms with van der Waals surface area (Å²) in [6, 6.07) is 3.87. The molecule has 94 valence electrons. The molecular weight excluding hydrogens is 301 g/mol. The number of benzene rings is 1. The molecule has 0 saturated heterocycles. The first-order chi connectivity index (χ1) is 8.61. The van der Waals surface area contributed by atoms with Gasteiger partial charge in [0, 0.05) is 16.9 Å². The van der Waals surface area contributed by atoms with Crippen LogP contribution >= 0.6 is 15.9 Å². The zero-order valence-corrected chi connectivity index (χ0v) is 11.2. The van der Waals surface area contributed by atoms with Gasteiger partial charge in [-0.2, -0.15) is 0 Å². The lowest BCUT2D eigenvalue weighted by Crippen LogP contribution is -2.15. The fourth-order valence-electron chi connectivity index (χ4n) is 1.62. The maximum atomic E-state index is 13.3. The molecule has 1 unspecified atom stereocenters. The topological polar surface area (TPSA) is 61.0 Å². The van der Waals surface area contributed by atoms with E-state index in [9.17, 15) is 4.39 Å². The summed E-state index contributed by atoms with van der Waals surface area (Å²) in [6.45, 7) is 0. The highest BCUT2D eigenvalue weighted by Crippen LogP contribution is 2.26. The van der Waals surface area contributed by atoms with Gasteiger partial charge in [0.25, 0.3) is 0 Å². The van der Waals surface area contributed by atoms with E-state index in [2.05, 4.69) is 25.9 Å². The van der Waals surface area contributed by atoms with Crippen LogP contribution in [0, 0.1) is 5.82 Å². The quantitative estimate of drug-likeness (QED) is 0.945. The summed E-state index contributed by atoms with van der Waals surface area (Å²) in [5.41, 5.74) is 7.13. The zero-order valence-electron chi connectivity index (χ0n) is 9.60. The smallest absolute Gasteiger partial charge is 0.237 e. The molecule has 0 spiro atoms. The molecule has 0 aliphatic rings. The van der Waals surface area contributed by atoms with Gasteiger partial charge >= 0.3 is 0 Å². The van der Waals surface area contributed by atoms with E-state index in [1.807, 2.05) is 0 Å². The fourth-order valence-corrected chi connectivity index (χ4v) is 2.10. The maximum Gasteiger partial charge on any atom is 0.237 e. The Labute approximate surface area is 112 Å². The molecule has 0 aliphatic carbocycles. The second-order valence-corrected chi connectivity index (χ2v) is 4.55. The molecule has 0 amide bonds. The maximum absolute atomic E-state index is 13.3. The van der Waals surface area contributed by atoms with Gasteiger partial charge in [0.05, 0.1) is 13.2 Å². The fraction of sp³-hybridized carbons (Fsp3) is 0.167. The number of nitrogens with two attached hydrogens (primary N) is 1. The van der Waals surface area contributed by atoms with Crippen molar-refractivity contribution >= 4 is 15.9 Å². The molecule has 2 N–H and O–H groups in total. The molecule has 2 aromatic rings. The van der Waals surface area contributed by atoms with Crippen LogP contribution in [-0.2, 0) is 0 Å². The lowest BCUT2D eigenvalue weighted by molar-refractivity contribution is 0.387. The first kappa shape index (κ1) is 12.9. The molecule has 6 heteroatoms. The summed E-state index contributed by atoms with van der Waals surface area (Å²) in [5.74, 6) is -0.0249. The molecule has 18 heavy (non-hydrogen) atoms. The van der Waals surface area contributed by atoms with Crippen LogP contribution < -0.4 is 10.5 Å². The van der Waals surface area contributed by atoms with Gasteiger partial charge in [-0.15, -0.1) is 0 Å². The molecular formula is C12H11BrFN3O. The lowest BCUT2D eigenvalue weighted by Gasteiger charge is -2.14. The van der Waals surface area contributed by atoms with Gasteiger partial charge in [-0.05, 0) is 23.8 Å². The Hall–Kier alpha value is -1.53. The number of hydrogen-bond acceptors (Lipinski definition) is 4. The lowest BCUT2D eigenvalue weighted by atomic mass is 10.0. The zero-order chi connectivity index (χ0) is 13.1. The standard InChI is InChI=1S/C12H11BrFN3O/c1-18-12-11(16-2-3-17-12)10(15)7-4-8(13)6-9(14)5-7/h2-6,10H,15H2,1H3. The van der Waals surface area contributed by atoms with Gasteiger partial charge in [-0.1, -0.05) is 15.9 Å². The van der Waals surface area contributed by atoms with Crippen molar-refractivity contribution in [3.63, 3.8) is 0 Å². The first-order valence-corrected chi connectivity index (χ1v) is 5.97. The van der Waals surface area contributed by atoms with E-state index >= 15 is 0 Å². The minimum atomic E-state index is -0.597. The second-order valence-electron chi connectivity index (χ2n) is 3.63. The second kappa shape index (κ2) is 5.41. The van der Waals surface area contributed by atoms with E-state index in [1.165, 1.54) is 31.6 Å². The van der Waals surface area contributed by atoms with Crippen molar-refractivity contribution in [2.75, 3.05) is 7.11 Å². The van der Waals surface area contributed by atoms with E-state index in [0.29, 0.717) is 21.6 Å². The van der Waals surface area contributed by atoms with Crippen LogP contribution in [0.5, 0.6) is 5.88 Å². The van der Waals surface area contributed by atoms with Crippen molar-refractivity contribution < 1.29 is 9.13 Å². The Kier molecular flexibility index (Phi) is 3.88. The average molecular weight is 312 g/mol. The van der Waals surface area contributed by atoms with Gasteiger partial charge in [0.1, 0.15) is 11.5 Å². The van der Waals surface area contributed by atoms with Gasteiger partial charge < -0.3 is 10.5 Å². The SMILES string of the molecule is COc1nccnc1C(N)c1cc(F)cc(Br)c1. The Morgan fingerprint density at radius 1 is 1.28 bits per heavy atom. The third-order valence-electron chi connectivity index (χ3n) is 2.42. The van der Waals surface area contributed by atoms with Crippen LogP contribution in [-0.4, -0.2) is 17.1 Å². The highest BCUT2D eigenvalue weighted by atomic mass is 79.9. The van der Waals surface area contributed by atoms with Gasteiger partial charge in [0.15, 0.2) is 0 Å². The van der Waals surface area contributed by atoms with Crippen molar-refractivity contribution in [2.45, 2.75) is 6.04 Å². The van der Waals surface area contributed by atoms with Crippen LogP contribution in [0.3, 0.4) is 0 Å². The van der Waals surface area contributed by atoms with Crippen LogP contribution in [0.2, 0.25) is 0 Å². The summed E-state index contributed by atoms with van der Waals surface area (Å²) >= 11 is 3.23. The Balaban J connectivity index is 2.44. The van der Waals surface area contributed by atoms with Crippen molar-refractivity contribution in [1.29, 1.82) is 0 Å². The highest BCUT2D eigenvalue weighted by Gasteiger charge is 2.17. The van der Waals surface area contributed by atoms with E-state index in [-0.39, 0.29) is 5.82 Å². The average Bonchev–Trinajstić information content (AvgIpc) is 2.36. The molecule has 1 aromatic carbocycles. The highest BCUT2D eigenvalue weighted by molar-refractivity contribution is 9.10. The van der Waals surface area contributed by atoms with Gasteiger partial charge in [-0.25, -0.2) is 9.37 Å². The van der Waals surface area contributed by atoms with E-state index in [4.69, 9.17) is 10.5 Å².